The number of rotatable bonds is 2. The highest BCUT2D eigenvalue weighted by molar-refractivity contribution is 4.88. The van der Waals surface area contributed by atoms with Gasteiger partial charge in [0.15, 0.2) is 0 Å². The maximum absolute atomic E-state index is 2.59. The zero-order valence-electron chi connectivity index (χ0n) is 10.7. The Morgan fingerprint density at radius 3 is 2.07 bits per heavy atom. The van der Waals surface area contributed by atoms with Gasteiger partial charge in [0.25, 0.3) is 0 Å². The standard InChI is InChI=1S/C15H28/c1-3-13-7-9-14(10-8-13)15(2)11-5-4-6-12-15/h13-14H,3-12H2,1-2H3. The predicted molar refractivity (Wildman–Crippen MR) is 66.9 cm³/mol. The van der Waals surface area contributed by atoms with Gasteiger partial charge in [0.2, 0.25) is 0 Å². The Kier molecular flexibility index (Phi) is 3.74. The van der Waals surface area contributed by atoms with Gasteiger partial charge in [-0.2, -0.15) is 0 Å². The summed E-state index contributed by atoms with van der Waals surface area (Å²) in [4.78, 5) is 0. The molecule has 0 radical (unpaired) electrons. The van der Waals surface area contributed by atoms with Crippen molar-refractivity contribution in [2.24, 2.45) is 17.3 Å². The van der Waals surface area contributed by atoms with Crippen LogP contribution in [0.2, 0.25) is 0 Å². The van der Waals surface area contributed by atoms with Crippen molar-refractivity contribution in [1.29, 1.82) is 0 Å². The fourth-order valence-corrected chi connectivity index (χ4v) is 4.04. The van der Waals surface area contributed by atoms with Gasteiger partial charge in [-0.05, 0) is 42.9 Å². The molecule has 0 unspecified atom stereocenters. The average Bonchev–Trinajstić information content (AvgIpc) is 2.30. The normalized spacial score (nSPS) is 36.4. The van der Waals surface area contributed by atoms with Gasteiger partial charge in [0.05, 0.1) is 0 Å². The van der Waals surface area contributed by atoms with E-state index in [0.29, 0.717) is 0 Å². The SMILES string of the molecule is CCC1CCC(C2(C)CCCCC2)CC1. The molecule has 2 aliphatic carbocycles. The quantitative estimate of drug-likeness (QED) is 0.587. The second-order valence-electron chi connectivity index (χ2n) is 6.34. The molecule has 0 bridgehead atoms. The zero-order valence-corrected chi connectivity index (χ0v) is 10.7. The monoisotopic (exact) mass is 208 g/mol. The lowest BCUT2D eigenvalue weighted by Gasteiger charge is -2.44. The molecule has 88 valence electrons. The topological polar surface area (TPSA) is 0 Å². The highest BCUT2D eigenvalue weighted by atomic mass is 14.4. The van der Waals surface area contributed by atoms with E-state index in [1.807, 2.05) is 0 Å². The fourth-order valence-electron chi connectivity index (χ4n) is 4.04. The molecule has 0 nitrogen and oxygen atoms in total. The van der Waals surface area contributed by atoms with E-state index < -0.39 is 0 Å². The Morgan fingerprint density at radius 2 is 1.53 bits per heavy atom. The van der Waals surface area contributed by atoms with Crippen LogP contribution in [0.1, 0.15) is 78.1 Å². The Balaban J connectivity index is 1.88. The molecule has 0 heterocycles. The largest absolute Gasteiger partial charge is 0.0651 e. The summed E-state index contributed by atoms with van der Waals surface area (Å²) in [6.07, 6.45) is 15.1. The molecule has 0 heteroatoms. The number of hydrogen-bond donors (Lipinski definition) is 0. The van der Waals surface area contributed by atoms with Crippen LogP contribution >= 0.6 is 0 Å². The second-order valence-corrected chi connectivity index (χ2v) is 6.34. The average molecular weight is 208 g/mol. The van der Waals surface area contributed by atoms with Gasteiger partial charge in [-0.15, -0.1) is 0 Å². The van der Waals surface area contributed by atoms with E-state index in [0.717, 1.165) is 17.3 Å². The van der Waals surface area contributed by atoms with Gasteiger partial charge in [0, 0.05) is 0 Å². The molecule has 0 aromatic carbocycles. The summed E-state index contributed by atoms with van der Waals surface area (Å²) >= 11 is 0. The van der Waals surface area contributed by atoms with Gasteiger partial charge < -0.3 is 0 Å². The van der Waals surface area contributed by atoms with Crippen LogP contribution in [0.25, 0.3) is 0 Å². The van der Waals surface area contributed by atoms with E-state index in [9.17, 15) is 0 Å². The number of hydrogen-bond acceptors (Lipinski definition) is 0. The first-order valence-corrected chi connectivity index (χ1v) is 7.24. The summed E-state index contributed by atoms with van der Waals surface area (Å²) in [6, 6.07) is 0. The molecule has 0 N–H and O–H groups in total. The van der Waals surface area contributed by atoms with Crippen LogP contribution in [0.4, 0.5) is 0 Å². The van der Waals surface area contributed by atoms with Crippen LogP contribution in [0.5, 0.6) is 0 Å². The van der Waals surface area contributed by atoms with E-state index in [2.05, 4.69) is 13.8 Å². The Bertz CT molecular complexity index is 180. The summed E-state index contributed by atoms with van der Waals surface area (Å²) in [5.74, 6) is 2.13. The van der Waals surface area contributed by atoms with E-state index in [-0.39, 0.29) is 0 Å². The minimum atomic E-state index is 0.733. The van der Waals surface area contributed by atoms with Crippen molar-refractivity contribution in [3.05, 3.63) is 0 Å². The minimum Gasteiger partial charge on any atom is -0.0651 e. The predicted octanol–water partition coefficient (Wildman–Crippen LogP) is 5.17. The molecule has 0 aromatic heterocycles. The van der Waals surface area contributed by atoms with E-state index in [1.54, 1.807) is 0 Å². The van der Waals surface area contributed by atoms with E-state index >= 15 is 0 Å². The minimum absolute atomic E-state index is 0.733. The molecule has 0 atom stereocenters. The van der Waals surface area contributed by atoms with Crippen molar-refractivity contribution in [2.45, 2.75) is 78.1 Å². The maximum Gasteiger partial charge on any atom is -0.0298 e. The van der Waals surface area contributed by atoms with Gasteiger partial charge in [-0.3, -0.25) is 0 Å². The van der Waals surface area contributed by atoms with Crippen LogP contribution in [-0.4, -0.2) is 0 Å². The first-order valence-electron chi connectivity index (χ1n) is 7.24. The summed E-state index contributed by atoms with van der Waals surface area (Å²) in [6.45, 7) is 4.95. The molecule has 2 saturated carbocycles. The lowest BCUT2D eigenvalue weighted by atomic mass is 9.61. The van der Waals surface area contributed by atoms with Gasteiger partial charge in [0.1, 0.15) is 0 Å². The van der Waals surface area contributed by atoms with Crippen LogP contribution in [0.15, 0.2) is 0 Å². The molecule has 15 heavy (non-hydrogen) atoms. The third kappa shape index (κ3) is 2.57. The van der Waals surface area contributed by atoms with Crippen molar-refractivity contribution in [1.82, 2.24) is 0 Å². The van der Waals surface area contributed by atoms with Crippen LogP contribution in [0.3, 0.4) is 0 Å². The summed E-state index contributed by atoms with van der Waals surface area (Å²) in [5.41, 5.74) is 0.733. The summed E-state index contributed by atoms with van der Waals surface area (Å²) in [5, 5.41) is 0. The van der Waals surface area contributed by atoms with Gasteiger partial charge >= 0.3 is 0 Å². The third-order valence-electron chi connectivity index (χ3n) is 5.41. The first kappa shape index (κ1) is 11.5. The van der Waals surface area contributed by atoms with Gasteiger partial charge in [-0.1, -0.05) is 52.4 Å². The molecular weight excluding hydrogens is 180 g/mol. The lowest BCUT2D eigenvalue weighted by molar-refractivity contribution is 0.0728. The second kappa shape index (κ2) is 4.89. The van der Waals surface area contributed by atoms with Crippen LogP contribution in [-0.2, 0) is 0 Å². The van der Waals surface area contributed by atoms with Crippen molar-refractivity contribution >= 4 is 0 Å². The van der Waals surface area contributed by atoms with Crippen molar-refractivity contribution in [2.75, 3.05) is 0 Å². The molecule has 2 fully saturated rings. The molecule has 0 aromatic rings. The summed E-state index contributed by atoms with van der Waals surface area (Å²) < 4.78 is 0. The Labute approximate surface area is 95.8 Å². The smallest absolute Gasteiger partial charge is 0.0298 e. The van der Waals surface area contributed by atoms with Crippen LogP contribution in [0, 0.1) is 17.3 Å². The molecule has 0 spiro atoms. The molecule has 2 rings (SSSR count). The van der Waals surface area contributed by atoms with E-state index in [4.69, 9.17) is 0 Å². The molecule has 0 aliphatic heterocycles. The maximum atomic E-state index is 2.59. The zero-order chi connectivity index (χ0) is 10.7. The Morgan fingerprint density at radius 1 is 0.933 bits per heavy atom. The highest BCUT2D eigenvalue weighted by Gasteiger charge is 2.36. The molecule has 2 aliphatic rings. The van der Waals surface area contributed by atoms with Crippen LogP contribution < -0.4 is 0 Å². The van der Waals surface area contributed by atoms with Crippen molar-refractivity contribution in [3.8, 4) is 0 Å². The van der Waals surface area contributed by atoms with Crippen molar-refractivity contribution in [3.63, 3.8) is 0 Å². The molecular formula is C15H28. The van der Waals surface area contributed by atoms with E-state index in [1.165, 1.54) is 64.2 Å². The third-order valence-corrected chi connectivity index (χ3v) is 5.41. The van der Waals surface area contributed by atoms with Crippen molar-refractivity contribution < 1.29 is 0 Å². The molecule has 0 saturated heterocycles. The van der Waals surface area contributed by atoms with Gasteiger partial charge in [-0.25, -0.2) is 0 Å². The fraction of sp³-hybridized carbons (Fsp3) is 1.00. The molecule has 0 amide bonds. The lowest BCUT2D eigenvalue weighted by Crippen LogP contribution is -2.32. The first-order chi connectivity index (χ1) is 7.24. The summed E-state index contributed by atoms with van der Waals surface area (Å²) in [7, 11) is 0. The Hall–Kier alpha value is 0. The highest BCUT2D eigenvalue weighted by Crippen LogP contribution is 2.48.